The number of H-pyrrole nitrogens is 1. The maximum absolute atomic E-state index is 13.5. The molecule has 1 saturated heterocycles. The number of alkyl halides is 1. The van der Waals surface area contributed by atoms with Gasteiger partial charge in [-0.15, -0.1) is 23.7 Å². The van der Waals surface area contributed by atoms with Gasteiger partial charge in [0.1, 0.15) is 5.75 Å². The molecule has 0 bridgehead atoms. The Hall–Kier alpha value is -3.06. The van der Waals surface area contributed by atoms with Gasteiger partial charge in [-0.2, -0.15) is 0 Å². The molecule has 1 atom stereocenters. The van der Waals surface area contributed by atoms with Gasteiger partial charge in [0.15, 0.2) is 5.75 Å². The fourth-order valence-electron chi connectivity index (χ4n) is 5.22. The lowest BCUT2D eigenvalue weighted by Gasteiger charge is -2.31. The second-order valence-electron chi connectivity index (χ2n) is 9.85. The Balaban J connectivity index is 0.00000387. The third-order valence-corrected chi connectivity index (χ3v) is 9.03. The number of halogens is 2. The van der Waals surface area contributed by atoms with E-state index in [2.05, 4.69) is 25.8 Å². The van der Waals surface area contributed by atoms with Crippen molar-refractivity contribution in [1.82, 2.24) is 14.8 Å². The second kappa shape index (κ2) is 12.8. The van der Waals surface area contributed by atoms with Crippen LogP contribution in [0.15, 0.2) is 23.6 Å². The smallest absolute Gasteiger partial charge is 0.415 e. The van der Waals surface area contributed by atoms with E-state index in [4.69, 9.17) is 14.2 Å². The van der Waals surface area contributed by atoms with Crippen LogP contribution in [0.1, 0.15) is 32.4 Å². The van der Waals surface area contributed by atoms with Gasteiger partial charge in [-0.25, -0.2) is 9.59 Å². The number of hydrogen-bond donors (Lipinski definition) is 1. The van der Waals surface area contributed by atoms with Crippen LogP contribution in [0.4, 0.5) is 10.5 Å². The molecule has 0 saturated carbocycles. The number of carbonyl (C=O) groups excluding carboxylic acids is 3. The number of anilines is 1. The number of rotatable bonds is 6. The van der Waals surface area contributed by atoms with Gasteiger partial charge in [0, 0.05) is 77.5 Å². The third kappa shape index (κ3) is 5.97. The number of ether oxygens (including phenoxy) is 3. The van der Waals surface area contributed by atoms with Crippen LogP contribution < -0.4 is 14.4 Å². The minimum Gasteiger partial charge on any atom is -0.496 e. The van der Waals surface area contributed by atoms with E-state index >= 15 is 0 Å². The molecule has 1 fully saturated rings. The number of fused-ring (bicyclic) bond motifs is 3. The lowest BCUT2D eigenvalue weighted by atomic mass is 9.95. The van der Waals surface area contributed by atoms with Gasteiger partial charge in [0.25, 0.3) is 5.91 Å². The van der Waals surface area contributed by atoms with E-state index < -0.39 is 12.1 Å². The average molecular weight is 668 g/mol. The number of benzene rings is 1. The highest BCUT2D eigenvalue weighted by atomic mass is 79.9. The predicted octanol–water partition coefficient (Wildman–Crippen LogP) is 5.04. The first kappa shape index (κ1) is 30.9. The number of esters is 1. The molecular weight excluding hydrogens is 636 g/mol. The molecule has 2 amide bonds. The Labute approximate surface area is 256 Å². The summed E-state index contributed by atoms with van der Waals surface area (Å²) in [6.45, 7) is 4.78. The first-order valence-electron chi connectivity index (χ1n) is 12.9. The standard InChI is InChI=1S/C28H31BrN4O6S.ClH/c1-16-23(27(35)38-4)25-24-17(13-29)14-33(22(34)6-5-19-11-18(37-3)15-40-19)20(24)12-21(26(25)30-16)39-28(36)32-9-7-31(2)8-10-32;/h5-6,11-12,15,17,30H,7-10,13-14H2,1-4H3;1H/b6-5+;/t17-;/m1./s1. The summed E-state index contributed by atoms with van der Waals surface area (Å²) in [6, 6.07) is 3.59. The monoisotopic (exact) mass is 666 g/mol. The topological polar surface area (TPSA) is 104 Å². The molecular formula is C28H32BrClN4O6S. The summed E-state index contributed by atoms with van der Waals surface area (Å²) in [5.41, 5.74) is 2.92. The number of aromatic amines is 1. The first-order chi connectivity index (χ1) is 19.2. The zero-order chi connectivity index (χ0) is 28.6. The van der Waals surface area contributed by atoms with E-state index in [0.717, 1.165) is 29.3 Å². The van der Waals surface area contributed by atoms with Crippen LogP contribution in [0, 0.1) is 6.92 Å². The molecule has 0 aliphatic carbocycles. The summed E-state index contributed by atoms with van der Waals surface area (Å²) < 4.78 is 16.3. The van der Waals surface area contributed by atoms with Crippen LogP contribution in [0.5, 0.6) is 11.5 Å². The fourth-order valence-corrected chi connectivity index (χ4v) is 6.50. The Morgan fingerprint density at radius 1 is 1.17 bits per heavy atom. The van der Waals surface area contributed by atoms with E-state index in [9.17, 15) is 14.4 Å². The Kier molecular flexibility index (Phi) is 9.68. The predicted molar refractivity (Wildman–Crippen MR) is 166 cm³/mol. The van der Waals surface area contributed by atoms with Gasteiger partial charge in [-0.1, -0.05) is 15.9 Å². The van der Waals surface area contributed by atoms with Crippen molar-refractivity contribution in [3.8, 4) is 11.5 Å². The van der Waals surface area contributed by atoms with Gasteiger partial charge in [-0.05, 0) is 31.7 Å². The molecule has 0 radical (unpaired) electrons. The van der Waals surface area contributed by atoms with Crippen molar-refractivity contribution >= 4 is 80.3 Å². The van der Waals surface area contributed by atoms with Crippen LogP contribution in [-0.4, -0.2) is 92.1 Å². The van der Waals surface area contributed by atoms with Crippen LogP contribution in [0.2, 0.25) is 0 Å². The van der Waals surface area contributed by atoms with Crippen molar-refractivity contribution in [2.45, 2.75) is 12.8 Å². The number of thiophene rings is 1. The second-order valence-corrected chi connectivity index (χ2v) is 11.4. The molecule has 5 rings (SSSR count). The molecule has 1 aromatic carbocycles. The molecule has 220 valence electrons. The van der Waals surface area contributed by atoms with Crippen LogP contribution >= 0.6 is 39.7 Å². The average Bonchev–Trinajstić information content (AvgIpc) is 3.66. The number of likely N-dealkylation sites (N-methyl/N-ethyl adjacent to an activating group) is 1. The summed E-state index contributed by atoms with van der Waals surface area (Å²) in [5, 5.41) is 3.04. The molecule has 1 N–H and O–H groups in total. The van der Waals surface area contributed by atoms with E-state index in [0.29, 0.717) is 52.8 Å². The number of aromatic nitrogens is 1. The van der Waals surface area contributed by atoms with Crippen LogP contribution in [0.3, 0.4) is 0 Å². The van der Waals surface area contributed by atoms with Crippen molar-refractivity contribution in [2.24, 2.45) is 0 Å². The summed E-state index contributed by atoms with van der Waals surface area (Å²) in [6.07, 6.45) is 2.81. The Morgan fingerprint density at radius 3 is 2.54 bits per heavy atom. The molecule has 2 aliphatic rings. The highest BCUT2D eigenvalue weighted by molar-refractivity contribution is 9.09. The zero-order valence-corrected chi connectivity index (χ0v) is 26.4. The molecule has 3 aromatic rings. The number of piperazine rings is 1. The van der Waals surface area contributed by atoms with E-state index in [1.165, 1.54) is 24.5 Å². The van der Waals surface area contributed by atoms with E-state index in [1.54, 1.807) is 36.0 Å². The normalized spacial score (nSPS) is 17.0. The molecule has 0 unspecified atom stereocenters. The SMILES string of the molecule is COC(=O)c1c(C)[nH]c2c(OC(=O)N3CCN(C)CC3)cc3c(c12)[C@H](CBr)CN3C(=O)/C=C/c1cc(OC)cs1.Cl. The quantitative estimate of drug-likeness (QED) is 0.223. The van der Waals surface area contributed by atoms with Gasteiger partial charge >= 0.3 is 12.1 Å². The highest BCUT2D eigenvalue weighted by Gasteiger charge is 2.37. The molecule has 2 aliphatic heterocycles. The van der Waals surface area contributed by atoms with Crippen LogP contribution in [0.25, 0.3) is 17.0 Å². The molecule has 10 nitrogen and oxygen atoms in total. The van der Waals surface area contributed by atoms with Gasteiger partial charge in [-0.3, -0.25) is 4.79 Å². The number of amides is 2. The number of nitrogens with zero attached hydrogens (tertiary/aromatic N) is 3. The fraction of sp³-hybridized carbons (Fsp3) is 0.393. The highest BCUT2D eigenvalue weighted by Crippen LogP contribution is 2.47. The molecule has 4 heterocycles. The molecule has 13 heteroatoms. The van der Waals surface area contributed by atoms with Crippen molar-refractivity contribution in [2.75, 3.05) is 64.2 Å². The van der Waals surface area contributed by atoms with Gasteiger partial charge in [0.2, 0.25) is 0 Å². The van der Waals surface area contributed by atoms with E-state index in [1.807, 2.05) is 18.5 Å². The molecule has 41 heavy (non-hydrogen) atoms. The van der Waals surface area contributed by atoms with Crippen molar-refractivity contribution in [1.29, 1.82) is 0 Å². The van der Waals surface area contributed by atoms with Crippen molar-refractivity contribution in [3.05, 3.63) is 45.3 Å². The Bertz CT molecular complexity index is 1500. The largest absolute Gasteiger partial charge is 0.496 e. The maximum Gasteiger partial charge on any atom is 0.415 e. The van der Waals surface area contributed by atoms with Crippen molar-refractivity contribution in [3.63, 3.8) is 0 Å². The number of methoxy groups -OCH3 is 2. The lowest BCUT2D eigenvalue weighted by molar-refractivity contribution is -0.114. The Morgan fingerprint density at radius 2 is 1.90 bits per heavy atom. The first-order valence-corrected chi connectivity index (χ1v) is 14.9. The summed E-state index contributed by atoms with van der Waals surface area (Å²) in [7, 11) is 4.95. The van der Waals surface area contributed by atoms with Crippen LogP contribution in [-0.2, 0) is 9.53 Å². The number of hydrogen-bond acceptors (Lipinski definition) is 8. The van der Waals surface area contributed by atoms with Gasteiger partial charge in [0.05, 0.1) is 31.0 Å². The van der Waals surface area contributed by atoms with Crippen molar-refractivity contribution < 1.29 is 28.6 Å². The number of nitrogens with one attached hydrogen (secondary N) is 1. The lowest BCUT2D eigenvalue weighted by Crippen LogP contribution is -2.48. The summed E-state index contributed by atoms with van der Waals surface area (Å²) >= 11 is 5.08. The van der Waals surface area contributed by atoms with E-state index in [-0.39, 0.29) is 30.0 Å². The third-order valence-electron chi connectivity index (χ3n) is 7.37. The molecule has 0 spiro atoms. The summed E-state index contributed by atoms with van der Waals surface area (Å²) in [4.78, 5) is 49.3. The minimum atomic E-state index is -0.502. The maximum atomic E-state index is 13.5. The number of aryl methyl sites for hydroxylation is 1. The summed E-state index contributed by atoms with van der Waals surface area (Å²) in [5.74, 6) is 0.168. The number of carbonyl (C=O) groups is 3. The minimum absolute atomic E-state index is 0. The zero-order valence-electron chi connectivity index (χ0n) is 23.2. The molecule has 2 aromatic heterocycles. The van der Waals surface area contributed by atoms with Gasteiger partial charge < -0.3 is 33.9 Å².